The van der Waals surface area contributed by atoms with Crippen molar-refractivity contribution in [3.05, 3.63) is 82.0 Å². The number of thiophene rings is 1. The van der Waals surface area contributed by atoms with Crippen LogP contribution in [0.15, 0.2) is 66.0 Å². The first-order chi connectivity index (χ1) is 14.0. The highest BCUT2D eigenvalue weighted by atomic mass is 32.1. The number of nitrogens with one attached hydrogen (secondary N) is 1. The van der Waals surface area contributed by atoms with Crippen LogP contribution in [0.1, 0.15) is 37.3 Å². The van der Waals surface area contributed by atoms with Gasteiger partial charge >= 0.3 is 5.97 Å². The third kappa shape index (κ3) is 5.08. The largest absolute Gasteiger partial charge is 0.497 e. The Morgan fingerprint density at radius 1 is 0.931 bits per heavy atom. The Morgan fingerprint density at radius 3 is 2.17 bits per heavy atom. The van der Waals surface area contributed by atoms with E-state index >= 15 is 0 Å². The van der Waals surface area contributed by atoms with Gasteiger partial charge in [0, 0.05) is 11.3 Å². The summed E-state index contributed by atoms with van der Waals surface area (Å²) in [6.45, 7) is 1.53. The molecule has 0 radical (unpaired) electrons. The summed E-state index contributed by atoms with van der Waals surface area (Å²) in [5.41, 5.74) is 1.27. The van der Waals surface area contributed by atoms with Crippen LogP contribution in [0.25, 0.3) is 0 Å². The molecule has 1 aromatic heterocycles. The lowest BCUT2D eigenvalue weighted by atomic mass is 10.1. The highest BCUT2D eigenvalue weighted by Gasteiger charge is 2.20. The van der Waals surface area contributed by atoms with Crippen LogP contribution in [-0.4, -0.2) is 30.9 Å². The lowest BCUT2D eigenvalue weighted by molar-refractivity contribution is 0.0319. The van der Waals surface area contributed by atoms with Crippen molar-refractivity contribution in [3.63, 3.8) is 0 Å². The Bertz CT molecular complexity index is 995. The van der Waals surface area contributed by atoms with E-state index in [-0.39, 0.29) is 17.3 Å². The molecule has 29 heavy (non-hydrogen) atoms. The molecular formula is C22H19NO5S. The molecule has 6 nitrogen and oxygen atoms in total. The van der Waals surface area contributed by atoms with Crippen molar-refractivity contribution >= 4 is 34.7 Å². The number of amides is 1. The lowest BCUT2D eigenvalue weighted by Crippen LogP contribution is -2.24. The van der Waals surface area contributed by atoms with Gasteiger partial charge in [0.2, 0.25) is 5.78 Å². The van der Waals surface area contributed by atoms with Crippen molar-refractivity contribution in [1.29, 1.82) is 0 Å². The van der Waals surface area contributed by atoms with Gasteiger partial charge in [0.1, 0.15) is 5.75 Å². The van der Waals surface area contributed by atoms with Crippen molar-refractivity contribution in [1.82, 2.24) is 0 Å². The normalized spacial score (nSPS) is 11.4. The van der Waals surface area contributed by atoms with Crippen LogP contribution in [-0.2, 0) is 4.74 Å². The first-order valence-corrected chi connectivity index (χ1v) is 9.70. The summed E-state index contributed by atoms with van der Waals surface area (Å²) in [4.78, 5) is 37.4. The van der Waals surface area contributed by atoms with Crippen molar-refractivity contribution in [2.75, 3.05) is 12.4 Å². The van der Waals surface area contributed by atoms with Gasteiger partial charge in [-0.25, -0.2) is 4.79 Å². The Hall–Kier alpha value is -3.45. The summed E-state index contributed by atoms with van der Waals surface area (Å²) in [6, 6.07) is 16.4. The van der Waals surface area contributed by atoms with Crippen LogP contribution in [0.2, 0.25) is 0 Å². The van der Waals surface area contributed by atoms with Gasteiger partial charge in [0.15, 0.2) is 6.10 Å². The molecule has 148 valence electrons. The number of hydrogen-bond donors (Lipinski definition) is 1. The highest BCUT2D eigenvalue weighted by molar-refractivity contribution is 7.12. The Balaban J connectivity index is 1.59. The smallest absolute Gasteiger partial charge is 0.338 e. The summed E-state index contributed by atoms with van der Waals surface area (Å²) in [6.07, 6.45) is -0.936. The number of Topliss-reactive ketones (excluding diaryl/α,β-unsaturated/α-hetero) is 1. The van der Waals surface area contributed by atoms with E-state index in [4.69, 9.17) is 9.47 Å². The molecule has 1 N–H and O–H groups in total. The van der Waals surface area contributed by atoms with Gasteiger partial charge in [0.25, 0.3) is 5.91 Å². The fourth-order valence-electron chi connectivity index (χ4n) is 2.56. The molecule has 1 heterocycles. The number of ether oxygens (including phenoxy) is 2. The molecular weight excluding hydrogens is 390 g/mol. The van der Waals surface area contributed by atoms with Crippen LogP contribution in [0.4, 0.5) is 5.69 Å². The van der Waals surface area contributed by atoms with E-state index in [1.54, 1.807) is 55.6 Å². The van der Waals surface area contributed by atoms with Gasteiger partial charge in [-0.1, -0.05) is 6.07 Å². The van der Waals surface area contributed by atoms with E-state index < -0.39 is 12.1 Å². The molecule has 2 aromatic carbocycles. The summed E-state index contributed by atoms with van der Waals surface area (Å²) in [5.74, 6) is -0.497. The number of rotatable bonds is 7. The zero-order chi connectivity index (χ0) is 20.8. The van der Waals surface area contributed by atoms with E-state index in [1.807, 2.05) is 5.38 Å². The minimum absolute atomic E-state index is 0.214. The van der Waals surface area contributed by atoms with E-state index in [0.29, 0.717) is 21.9 Å². The van der Waals surface area contributed by atoms with Crippen molar-refractivity contribution in [3.8, 4) is 5.75 Å². The highest BCUT2D eigenvalue weighted by Crippen LogP contribution is 2.17. The minimum atomic E-state index is -0.936. The van der Waals surface area contributed by atoms with Crippen molar-refractivity contribution in [2.45, 2.75) is 13.0 Å². The Kier molecular flexibility index (Phi) is 6.41. The molecule has 0 aliphatic heterocycles. The molecule has 0 spiro atoms. The van der Waals surface area contributed by atoms with Gasteiger partial charge < -0.3 is 14.8 Å². The number of ketones is 1. The van der Waals surface area contributed by atoms with E-state index in [2.05, 4.69) is 5.32 Å². The topological polar surface area (TPSA) is 81.7 Å². The average molecular weight is 409 g/mol. The number of anilines is 1. The third-order valence-electron chi connectivity index (χ3n) is 4.15. The SMILES string of the molecule is COc1ccc(C(=O)[C@@H](C)OC(=O)c2ccc(NC(=O)c3cccs3)cc2)cc1. The molecule has 7 heteroatoms. The maximum atomic E-state index is 12.4. The fourth-order valence-corrected chi connectivity index (χ4v) is 3.18. The summed E-state index contributed by atoms with van der Waals surface area (Å²) >= 11 is 1.34. The molecule has 0 saturated carbocycles. The summed E-state index contributed by atoms with van der Waals surface area (Å²) < 4.78 is 10.3. The molecule has 0 unspecified atom stereocenters. The molecule has 1 atom stereocenters. The number of carbonyl (C=O) groups excluding carboxylic acids is 3. The quantitative estimate of drug-likeness (QED) is 0.461. The standard InChI is InChI=1S/C22H19NO5S/c1-14(20(24)15-7-11-18(27-2)12-8-15)28-22(26)16-5-9-17(10-6-16)23-21(25)19-4-3-13-29-19/h3-14H,1-2H3,(H,23,25)/t14-/m1/s1. The number of carbonyl (C=O) groups is 3. The molecule has 0 fully saturated rings. The fraction of sp³-hybridized carbons (Fsp3) is 0.136. The molecule has 0 aliphatic carbocycles. The Morgan fingerprint density at radius 2 is 1.59 bits per heavy atom. The number of esters is 1. The second-order valence-electron chi connectivity index (χ2n) is 6.15. The van der Waals surface area contributed by atoms with Crippen molar-refractivity contribution < 1.29 is 23.9 Å². The number of methoxy groups -OCH3 is 1. The number of benzene rings is 2. The van der Waals surface area contributed by atoms with Crippen LogP contribution < -0.4 is 10.1 Å². The van der Waals surface area contributed by atoms with Crippen LogP contribution in [0, 0.1) is 0 Å². The molecule has 1 amide bonds. The van der Waals surface area contributed by atoms with Crippen LogP contribution >= 0.6 is 11.3 Å². The maximum Gasteiger partial charge on any atom is 0.338 e. The maximum absolute atomic E-state index is 12.4. The molecule has 0 saturated heterocycles. The van der Waals surface area contributed by atoms with Crippen LogP contribution in [0.5, 0.6) is 5.75 Å². The third-order valence-corrected chi connectivity index (χ3v) is 5.02. The van der Waals surface area contributed by atoms with Crippen molar-refractivity contribution in [2.24, 2.45) is 0 Å². The average Bonchev–Trinajstić information content (AvgIpc) is 3.29. The second kappa shape index (κ2) is 9.16. The molecule has 0 bridgehead atoms. The predicted octanol–water partition coefficient (Wildman–Crippen LogP) is 4.44. The minimum Gasteiger partial charge on any atom is -0.497 e. The van der Waals surface area contributed by atoms with Gasteiger partial charge in [0.05, 0.1) is 17.6 Å². The zero-order valence-electron chi connectivity index (χ0n) is 15.9. The monoisotopic (exact) mass is 409 g/mol. The summed E-state index contributed by atoms with van der Waals surface area (Å²) in [5, 5.41) is 4.58. The number of hydrogen-bond acceptors (Lipinski definition) is 6. The predicted molar refractivity (Wildman–Crippen MR) is 111 cm³/mol. The molecule has 0 aliphatic rings. The van der Waals surface area contributed by atoms with Gasteiger partial charge in [-0.05, 0) is 66.9 Å². The van der Waals surface area contributed by atoms with Gasteiger partial charge in [-0.3, -0.25) is 9.59 Å². The van der Waals surface area contributed by atoms with Crippen LogP contribution in [0.3, 0.4) is 0 Å². The first-order valence-electron chi connectivity index (χ1n) is 8.82. The van der Waals surface area contributed by atoms with E-state index in [1.165, 1.54) is 30.4 Å². The van der Waals surface area contributed by atoms with E-state index in [0.717, 1.165) is 0 Å². The van der Waals surface area contributed by atoms with E-state index in [9.17, 15) is 14.4 Å². The molecule has 3 rings (SSSR count). The lowest BCUT2D eigenvalue weighted by Gasteiger charge is -2.13. The zero-order valence-corrected chi connectivity index (χ0v) is 16.7. The van der Waals surface area contributed by atoms with Gasteiger partial charge in [-0.2, -0.15) is 0 Å². The Labute approximate surface area is 172 Å². The summed E-state index contributed by atoms with van der Waals surface area (Å²) in [7, 11) is 1.54. The van der Waals surface area contributed by atoms with Gasteiger partial charge in [-0.15, -0.1) is 11.3 Å². The molecule has 3 aromatic rings. The first kappa shape index (κ1) is 20.3. The second-order valence-corrected chi connectivity index (χ2v) is 7.10.